The number of aromatic nitrogens is 1. The highest BCUT2D eigenvalue weighted by atomic mass is 19.1. The number of anilines is 1. The van der Waals surface area contributed by atoms with E-state index in [2.05, 4.69) is 4.98 Å². The van der Waals surface area contributed by atoms with Crippen LogP contribution in [0.25, 0.3) is 0 Å². The lowest BCUT2D eigenvalue weighted by molar-refractivity contribution is 0.0925. The largest absolute Gasteiger partial charge is 0.268 e. The number of halogens is 1. The molecule has 3 rings (SSSR count). The predicted octanol–water partition coefficient (Wildman–Crippen LogP) is 2.58. The normalized spacial score (nSPS) is 13.8. The van der Waals surface area contributed by atoms with Crippen molar-refractivity contribution in [1.29, 1.82) is 0 Å². The van der Waals surface area contributed by atoms with E-state index in [4.69, 9.17) is 0 Å². The van der Waals surface area contributed by atoms with Crippen LogP contribution in [0, 0.1) is 5.82 Å². The van der Waals surface area contributed by atoms with Crippen molar-refractivity contribution in [2.45, 2.75) is 13.3 Å². The molecular formula is C15H11FN2O2. The molecule has 2 amide bonds. The van der Waals surface area contributed by atoms with Crippen LogP contribution < -0.4 is 4.90 Å². The second kappa shape index (κ2) is 4.52. The molecule has 0 fully saturated rings. The van der Waals surface area contributed by atoms with Crippen LogP contribution in [-0.2, 0) is 6.42 Å². The molecule has 2 aromatic rings. The molecule has 0 N–H and O–H groups in total. The van der Waals surface area contributed by atoms with Crippen molar-refractivity contribution < 1.29 is 14.0 Å². The Kier molecular flexibility index (Phi) is 2.82. The van der Waals surface area contributed by atoms with Gasteiger partial charge in [-0.2, -0.15) is 0 Å². The minimum absolute atomic E-state index is 0.0388. The van der Waals surface area contributed by atoms with E-state index < -0.39 is 17.6 Å². The van der Waals surface area contributed by atoms with Crippen LogP contribution in [0.4, 0.5) is 10.1 Å². The van der Waals surface area contributed by atoms with E-state index in [1.54, 1.807) is 31.2 Å². The quantitative estimate of drug-likeness (QED) is 0.788. The second-order valence-corrected chi connectivity index (χ2v) is 4.44. The van der Waals surface area contributed by atoms with Gasteiger partial charge in [0, 0.05) is 6.20 Å². The Hall–Kier alpha value is -2.56. The zero-order chi connectivity index (χ0) is 14.3. The Bertz CT molecular complexity index is 693. The molecule has 5 heteroatoms. The number of hydrogen-bond acceptors (Lipinski definition) is 3. The van der Waals surface area contributed by atoms with Gasteiger partial charge in [0.15, 0.2) is 5.82 Å². The maximum Gasteiger partial charge on any atom is 0.266 e. The number of amides is 2. The maximum atomic E-state index is 14.3. The Morgan fingerprint density at radius 3 is 2.25 bits per heavy atom. The van der Waals surface area contributed by atoms with Crippen molar-refractivity contribution in [3.63, 3.8) is 0 Å². The van der Waals surface area contributed by atoms with Crippen LogP contribution in [0.1, 0.15) is 33.3 Å². The van der Waals surface area contributed by atoms with Crippen molar-refractivity contribution >= 4 is 17.5 Å². The van der Waals surface area contributed by atoms with Crippen LogP contribution in [0.5, 0.6) is 0 Å². The summed E-state index contributed by atoms with van der Waals surface area (Å²) in [6.45, 7) is 1.76. The Morgan fingerprint density at radius 1 is 1.10 bits per heavy atom. The number of carbonyl (C=O) groups is 2. The van der Waals surface area contributed by atoms with Gasteiger partial charge in [0.1, 0.15) is 0 Å². The third-order valence-corrected chi connectivity index (χ3v) is 3.31. The summed E-state index contributed by atoms with van der Waals surface area (Å²) in [5, 5.41) is 0. The van der Waals surface area contributed by atoms with E-state index in [1.165, 1.54) is 12.3 Å². The van der Waals surface area contributed by atoms with Gasteiger partial charge < -0.3 is 0 Å². The zero-order valence-corrected chi connectivity index (χ0v) is 10.8. The molecule has 0 radical (unpaired) electrons. The van der Waals surface area contributed by atoms with Crippen LogP contribution in [0.2, 0.25) is 0 Å². The van der Waals surface area contributed by atoms with Crippen LogP contribution in [0.15, 0.2) is 36.5 Å². The molecule has 100 valence electrons. The molecule has 0 saturated carbocycles. The summed E-state index contributed by atoms with van der Waals surface area (Å²) in [6.07, 6.45) is 1.80. The van der Waals surface area contributed by atoms with Gasteiger partial charge in [-0.1, -0.05) is 19.1 Å². The first kappa shape index (κ1) is 12.5. The monoisotopic (exact) mass is 270 g/mol. The molecular weight excluding hydrogens is 259 g/mol. The van der Waals surface area contributed by atoms with Gasteiger partial charge in [-0.25, -0.2) is 9.29 Å². The average Bonchev–Trinajstić information content (AvgIpc) is 2.72. The summed E-state index contributed by atoms with van der Waals surface area (Å²) in [4.78, 5) is 29.3. The fourth-order valence-electron chi connectivity index (χ4n) is 2.30. The molecule has 2 heterocycles. The first-order chi connectivity index (χ1) is 9.65. The van der Waals surface area contributed by atoms with E-state index in [0.717, 1.165) is 4.90 Å². The number of rotatable bonds is 2. The first-order valence-corrected chi connectivity index (χ1v) is 6.26. The minimum atomic E-state index is -0.621. The van der Waals surface area contributed by atoms with Crippen molar-refractivity contribution in [2.75, 3.05) is 4.90 Å². The summed E-state index contributed by atoms with van der Waals surface area (Å²) < 4.78 is 14.3. The summed E-state index contributed by atoms with van der Waals surface area (Å²) in [5.41, 5.74) is 0.792. The lowest BCUT2D eigenvalue weighted by Crippen LogP contribution is -2.30. The molecule has 1 aromatic carbocycles. The highest BCUT2D eigenvalue weighted by molar-refractivity contribution is 6.34. The fraction of sp³-hybridized carbons (Fsp3) is 0.133. The molecule has 1 aromatic heterocycles. The van der Waals surface area contributed by atoms with Crippen molar-refractivity contribution in [2.24, 2.45) is 0 Å². The molecule has 0 spiro atoms. The molecule has 0 atom stereocenters. The molecule has 0 bridgehead atoms. The number of benzene rings is 1. The lowest BCUT2D eigenvalue weighted by atomic mass is 10.1. The minimum Gasteiger partial charge on any atom is -0.268 e. The second-order valence-electron chi connectivity index (χ2n) is 4.44. The fourth-order valence-corrected chi connectivity index (χ4v) is 2.30. The van der Waals surface area contributed by atoms with Crippen LogP contribution in [0.3, 0.4) is 0 Å². The summed E-state index contributed by atoms with van der Waals surface area (Å²) in [6, 6.07) is 7.82. The van der Waals surface area contributed by atoms with Crippen LogP contribution in [-0.4, -0.2) is 16.8 Å². The van der Waals surface area contributed by atoms with E-state index >= 15 is 0 Å². The lowest BCUT2D eigenvalue weighted by Gasteiger charge is -2.15. The van der Waals surface area contributed by atoms with E-state index in [0.29, 0.717) is 17.5 Å². The van der Waals surface area contributed by atoms with Gasteiger partial charge >= 0.3 is 0 Å². The van der Waals surface area contributed by atoms with Crippen molar-refractivity contribution in [3.05, 3.63) is 59.2 Å². The van der Waals surface area contributed by atoms with Gasteiger partial charge in [-0.05, 0) is 24.6 Å². The van der Waals surface area contributed by atoms with Crippen LogP contribution >= 0.6 is 0 Å². The smallest absolute Gasteiger partial charge is 0.266 e. The molecule has 0 unspecified atom stereocenters. The van der Waals surface area contributed by atoms with Gasteiger partial charge in [0.05, 0.1) is 22.5 Å². The number of nitrogens with zero attached hydrogens (tertiary/aromatic N) is 2. The van der Waals surface area contributed by atoms with Gasteiger partial charge in [-0.15, -0.1) is 0 Å². The third kappa shape index (κ3) is 1.63. The summed E-state index contributed by atoms with van der Waals surface area (Å²) >= 11 is 0. The van der Waals surface area contributed by atoms with Gasteiger partial charge in [0.2, 0.25) is 0 Å². The molecule has 20 heavy (non-hydrogen) atoms. The van der Waals surface area contributed by atoms with Crippen molar-refractivity contribution in [1.82, 2.24) is 4.98 Å². The number of carbonyl (C=O) groups excluding carboxylic acids is 2. The van der Waals surface area contributed by atoms with Gasteiger partial charge in [-0.3, -0.25) is 14.6 Å². The number of pyridine rings is 1. The number of fused-ring (bicyclic) bond motifs is 1. The molecule has 0 aliphatic carbocycles. The topological polar surface area (TPSA) is 50.3 Å². The Labute approximate surface area is 114 Å². The zero-order valence-electron chi connectivity index (χ0n) is 10.8. The SMILES string of the molecule is CCc1nccc(N2C(=O)c3ccccc3C2=O)c1F. The summed E-state index contributed by atoms with van der Waals surface area (Å²) in [7, 11) is 0. The van der Waals surface area contributed by atoms with Gasteiger partial charge in [0.25, 0.3) is 11.8 Å². The number of imide groups is 1. The maximum absolute atomic E-state index is 14.3. The highest BCUT2D eigenvalue weighted by Crippen LogP contribution is 2.30. The Balaban J connectivity index is 2.14. The predicted molar refractivity (Wildman–Crippen MR) is 71.2 cm³/mol. The van der Waals surface area contributed by atoms with E-state index in [9.17, 15) is 14.0 Å². The number of hydrogen-bond donors (Lipinski definition) is 0. The molecule has 1 aliphatic rings. The first-order valence-electron chi connectivity index (χ1n) is 6.26. The highest BCUT2D eigenvalue weighted by Gasteiger charge is 2.37. The third-order valence-electron chi connectivity index (χ3n) is 3.31. The Morgan fingerprint density at radius 2 is 1.70 bits per heavy atom. The molecule has 4 nitrogen and oxygen atoms in total. The summed E-state index contributed by atoms with van der Waals surface area (Å²) in [5.74, 6) is -1.62. The van der Waals surface area contributed by atoms with Crippen molar-refractivity contribution in [3.8, 4) is 0 Å². The standard InChI is InChI=1S/C15H11FN2O2/c1-2-11-13(16)12(7-8-17-11)18-14(19)9-5-3-4-6-10(9)15(18)20/h3-8H,2H2,1H3. The number of aryl methyl sites for hydroxylation is 1. The average molecular weight is 270 g/mol. The molecule has 1 aliphatic heterocycles. The van der Waals surface area contributed by atoms with E-state index in [1.807, 2.05) is 0 Å². The molecule has 0 saturated heterocycles. The van der Waals surface area contributed by atoms with E-state index in [-0.39, 0.29) is 11.4 Å².